The highest BCUT2D eigenvalue weighted by atomic mass is 19.4. The quantitative estimate of drug-likeness (QED) is 0.410. The summed E-state index contributed by atoms with van der Waals surface area (Å²) in [6.07, 6.45) is -4.54. The molecule has 3 aliphatic heterocycles. The summed E-state index contributed by atoms with van der Waals surface area (Å²) in [6, 6.07) is 14.1. The maximum absolute atomic E-state index is 13.3. The number of halogens is 3. The molecule has 1 atom stereocenters. The van der Waals surface area contributed by atoms with Crippen molar-refractivity contribution in [3.05, 3.63) is 94.0 Å². The van der Waals surface area contributed by atoms with Gasteiger partial charge in [-0.25, -0.2) is 4.79 Å². The van der Waals surface area contributed by atoms with Crippen molar-refractivity contribution in [2.24, 2.45) is 4.99 Å². The van der Waals surface area contributed by atoms with Crippen molar-refractivity contribution in [2.45, 2.75) is 25.2 Å². The number of fused-ring (bicyclic) bond motifs is 2. The van der Waals surface area contributed by atoms with E-state index in [0.29, 0.717) is 68.4 Å². The van der Waals surface area contributed by atoms with Gasteiger partial charge in [-0.3, -0.25) is 19.5 Å². The SMILES string of the molecule is O=C(O)c1ccc2c(c1)NC(=O)C2C(=Nc1ccc2c(c1)CN(C(=O)CN1CCOCC1)C2)c1ccc(C(F)(F)F)cc1. The monoisotopic (exact) mass is 592 g/mol. The van der Waals surface area contributed by atoms with Crippen molar-refractivity contribution in [3.8, 4) is 0 Å². The Morgan fingerprint density at radius 3 is 2.35 bits per heavy atom. The molecule has 0 radical (unpaired) electrons. The number of carbonyl (C=O) groups is 3. The molecule has 3 aromatic rings. The minimum atomic E-state index is -4.54. The zero-order valence-corrected chi connectivity index (χ0v) is 22.9. The van der Waals surface area contributed by atoms with Gasteiger partial charge in [-0.1, -0.05) is 24.3 Å². The average Bonchev–Trinajstić information content (AvgIpc) is 3.55. The molecule has 0 aromatic heterocycles. The van der Waals surface area contributed by atoms with Gasteiger partial charge in [-0.15, -0.1) is 0 Å². The molecule has 0 aliphatic carbocycles. The Hall–Kier alpha value is -4.55. The first-order valence-electron chi connectivity index (χ1n) is 13.7. The number of carboxylic acids is 1. The summed E-state index contributed by atoms with van der Waals surface area (Å²) in [5, 5.41) is 12.1. The van der Waals surface area contributed by atoms with Crippen molar-refractivity contribution in [1.29, 1.82) is 0 Å². The zero-order valence-electron chi connectivity index (χ0n) is 22.9. The Morgan fingerprint density at radius 2 is 1.65 bits per heavy atom. The van der Waals surface area contributed by atoms with Gasteiger partial charge in [0.25, 0.3) is 0 Å². The Kier molecular flexibility index (Phi) is 7.49. The molecule has 3 aromatic carbocycles. The number of anilines is 1. The Balaban J connectivity index is 1.33. The van der Waals surface area contributed by atoms with Crippen molar-refractivity contribution in [3.63, 3.8) is 0 Å². The summed E-state index contributed by atoms with van der Waals surface area (Å²) in [6.45, 7) is 3.75. The first-order chi connectivity index (χ1) is 20.6. The number of carboxylic acid groups (broad SMARTS) is 1. The smallest absolute Gasteiger partial charge is 0.416 e. The largest absolute Gasteiger partial charge is 0.478 e. The standard InChI is InChI=1S/C31H27F3N4O5/c32-31(33,34)22-5-1-18(2-6-22)28(27-24-8-4-19(30(41)42)14-25(24)36-29(27)40)35-23-7-3-20-15-38(16-21(20)13-23)26(39)17-37-9-11-43-12-10-37/h1-8,13-14,27H,9-12,15-17H2,(H,36,40)(H,41,42). The first-order valence-corrected chi connectivity index (χ1v) is 13.7. The van der Waals surface area contributed by atoms with Crippen LogP contribution in [0.5, 0.6) is 0 Å². The molecule has 1 unspecified atom stereocenters. The fourth-order valence-corrected chi connectivity index (χ4v) is 5.61. The number of nitrogens with zero attached hydrogens (tertiary/aromatic N) is 3. The molecule has 0 spiro atoms. The summed E-state index contributed by atoms with van der Waals surface area (Å²) < 4.78 is 45.3. The topological polar surface area (TPSA) is 112 Å². The maximum atomic E-state index is 13.3. The van der Waals surface area contributed by atoms with Gasteiger partial charge in [0.1, 0.15) is 5.92 Å². The van der Waals surface area contributed by atoms with E-state index in [1.54, 1.807) is 11.0 Å². The van der Waals surface area contributed by atoms with Crippen LogP contribution < -0.4 is 5.32 Å². The highest BCUT2D eigenvalue weighted by Crippen LogP contribution is 2.38. The van der Waals surface area contributed by atoms with Gasteiger partial charge in [0.15, 0.2) is 0 Å². The van der Waals surface area contributed by atoms with Gasteiger partial charge in [-0.2, -0.15) is 13.2 Å². The number of alkyl halides is 3. The molecular weight excluding hydrogens is 565 g/mol. The predicted molar refractivity (Wildman–Crippen MR) is 150 cm³/mol. The third-order valence-corrected chi connectivity index (χ3v) is 7.89. The second-order valence-corrected chi connectivity index (χ2v) is 10.7. The fraction of sp³-hybridized carbons (Fsp3) is 0.290. The summed E-state index contributed by atoms with van der Waals surface area (Å²) in [5.74, 6) is -2.62. The van der Waals surface area contributed by atoms with Crippen LogP contribution in [0.2, 0.25) is 0 Å². The number of rotatable bonds is 6. The van der Waals surface area contributed by atoms with Gasteiger partial charge >= 0.3 is 12.1 Å². The molecule has 12 heteroatoms. The molecule has 6 rings (SSSR count). The van der Waals surface area contributed by atoms with Gasteiger partial charge in [0.05, 0.1) is 42.3 Å². The van der Waals surface area contributed by atoms with Crippen LogP contribution in [0.1, 0.15) is 44.1 Å². The number of hydrogen-bond donors (Lipinski definition) is 2. The lowest BCUT2D eigenvalue weighted by Crippen LogP contribution is -2.43. The number of nitrogens with one attached hydrogen (secondary N) is 1. The predicted octanol–water partition coefficient (Wildman–Crippen LogP) is 4.43. The van der Waals surface area contributed by atoms with Gasteiger partial charge in [0.2, 0.25) is 11.8 Å². The minimum absolute atomic E-state index is 0.00792. The lowest BCUT2D eigenvalue weighted by Gasteiger charge is -2.27. The van der Waals surface area contributed by atoms with Crippen molar-refractivity contribution >= 4 is 34.9 Å². The second kappa shape index (κ2) is 11.3. The number of aliphatic imine (C=N–C) groups is 1. The van der Waals surface area contributed by atoms with Crippen LogP contribution in [0.25, 0.3) is 0 Å². The van der Waals surface area contributed by atoms with Crippen LogP contribution in [0.3, 0.4) is 0 Å². The van der Waals surface area contributed by atoms with Gasteiger partial charge in [0, 0.05) is 31.9 Å². The Morgan fingerprint density at radius 1 is 0.953 bits per heavy atom. The maximum Gasteiger partial charge on any atom is 0.416 e. The molecule has 2 amide bonds. The number of carbonyl (C=O) groups excluding carboxylic acids is 2. The van der Waals surface area contributed by atoms with E-state index >= 15 is 0 Å². The highest BCUT2D eigenvalue weighted by Gasteiger charge is 2.37. The van der Waals surface area contributed by atoms with Crippen LogP contribution in [0.4, 0.5) is 24.5 Å². The van der Waals surface area contributed by atoms with E-state index in [0.717, 1.165) is 23.3 Å². The summed E-state index contributed by atoms with van der Waals surface area (Å²) in [5.41, 5.74) is 2.78. The number of amides is 2. The summed E-state index contributed by atoms with van der Waals surface area (Å²) in [7, 11) is 0. The molecule has 1 fully saturated rings. The minimum Gasteiger partial charge on any atom is -0.478 e. The van der Waals surface area contributed by atoms with Crippen molar-refractivity contribution in [2.75, 3.05) is 38.2 Å². The zero-order chi connectivity index (χ0) is 30.3. The number of hydrogen-bond acceptors (Lipinski definition) is 6. The Bertz CT molecular complexity index is 1630. The molecule has 43 heavy (non-hydrogen) atoms. The highest BCUT2D eigenvalue weighted by molar-refractivity contribution is 6.24. The van der Waals surface area contributed by atoms with E-state index < -0.39 is 29.5 Å². The average molecular weight is 593 g/mol. The van der Waals surface area contributed by atoms with E-state index in [9.17, 15) is 32.7 Å². The van der Waals surface area contributed by atoms with Crippen LogP contribution in [0, 0.1) is 0 Å². The van der Waals surface area contributed by atoms with Crippen molar-refractivity contribution in [1.82, 2.24) is 9.80 Å². The number of ether oxygens (including phenoxy) is 1. The van der Waals surface area contributed by atoms with Gasteiger partial charge < -0.3 is 20.1 Å². The summed E-state index contributed by atoms with van der Waals surface area (Å²) in [4.78, 5) is 46.3. The van der Waals surface area contributed by atoms with Crippen molar-refractivity contribution < 1.29 is 37.4 Å². The molecular formula is C31H27F3N4O5. The van der Waals surface area contributed by atoms with Crippen LogP contribution in [0.15, 0.2) is 65.7 Å². The molecule has 9 nitrogen and oxygen atoms in total. The second-order valence-electron chi connectivity index (χ2n) is 10.7. The van der Waals surface area contributed by atoms with E-state index in [2.05, 4.69) is 10.2 Å². The van der Waals surface area contributed by atoms with E-state index in [1.807, 2.05) is 12.1 Å². The summed E-state index contributed by atoms with van der Waals surface area (Å²) >= 11 is 0. The van der Waals surface area contributed by atoms with E-state index in [1.165, 1.54) is 30.3 Å². The fourth-order valence-electron chi connectivity index (χ4n) is 5.61. The third-order valence-electron chi connectivity index (χ3n) is 7.89. The lowest BCUT2D eigenvalue weighted by atomic mass is 9.89. The molecule has 3 heterocycles. The molecule has 3 aliphatic rings. The normalized spacial score (nSPS) is 18.8. The lowest BCUT2D eigenvalue weighted by molar-refractivity contribution is -0.137. The molecule has 0 saturated carbocycles. The van der Waals surface area contributed by atoms with Crippen LogP contribution in [-0.2, 0) is 33.6 Å². The van der Waals surface area contributed by atoms with Crippen LogP contribution in [-0.4, -0.2) is 71.2 Å². The van der Waals surface area contributed by atoms with E-state index in [4.69, 9.17) is 9.73 Å². The Labute approximate surface area is 244 Å². The molecule has 1 saturated heterocycles. The number of benzene rings is 3. The third kappa shape index (κ3) is 5.88. The molecule has 2 N–H and O–H groups in total. The molecule has 0 bridgehead atoms. The van der Waals surface area contributed by atoms with Crippen LogP contribution >= 0.6 is 0 Å². The number of morpholine rings is 1. The first kappa shape index (κ1) is 28.6. The van der Waals surface area contributed by atoms with E-state index in [-0.39, 0.29) is 17.2 Å². The number of aromatic carboxylic acids is 1. The van der Waals surface area contributed by atoms with Gasteiger partial charge in [-0.05, 0) is 58.7 Å². The molecule has 222 valence electrons.